The predicted octanol–water partition coefficient (Wildman–Crippen LogP) is -0.700. The number of hydrogen-bond acceptors (Lipinski definition) is 5. The molecule has 0 aliphatic rings. The van der Waals surface area contributed by atoms with Gasteiger partial charge < -0.3 is 5.11 Å². The molecule has 0 amide bonds. The molecule has 0 aromatic carbocycles. The van der Waals surface area contributed by atoms with Crippen LogP contribution in [0, 0.1) is 0 Å². The minimum atomic E-state index is -0.979. The monoisotopic (exact) mass is 186 g/mol. The summed E-state index contributed by atoms with van der Waals surface area (Å²) in [7, 11) is 0. The molecule has 0 radical (unpaired) electrons. The van der Waals surface area contributed by atoms with Gasteiger partial charge in [0.1, 0.15) is 6.54 Å². The largest absolute Gasteiger partial charge is 0.480 e. The molecule has 12 heavy (non-hydrogen) atoms. The second kappa shape index (κ2) is 3.86. The van der Waals surface area contributed by atoms with Gasteiger partial charge in [-0.1, -0.05) is 12.2 Å². The number of carboxylic acid groups (broad SMARTS) is 1. The maximum absolute atomic E-state index is 10.3. The van der Waals surface area contributed by atoms with Crippen LogP contribution in [0.25, 0.3) is 0 Å². The number of thiocarbonyl (C=S) groups is 1. The molecule has 1 aromatic rings. The van der Waals surface area contributed by atoms with Crippen molar-refractivity contribution in [3.63, 3.8) is 0 Å². The zero-order valence-corrected chi connectivity index (χ0v) is 6.86. The average Bonchev–Trinajstić information content (AvgIpc) is 2.37. The van der Waals surface area contributed by atoms with Crippen molar-refractivity contribution in [2.24, 2.45) is 0 Å². The van der Waals surface area contributed by atoms with Gasteiger partial charge in [-0.2, -0.15) is 0 Å². The molecule has 0 saturated carbocycles. The predicted molar refractivity (Wildman–Crippen MR) is 42.8 cm³/mol. The van der Waals surface area contributed by atoms with Crippen molar-refractivity contribution in [3.05, 3.63) is 5.82 Å². The first-order valence-corrected chi connectivity index (χ1v) is 3.61. The highest BCUT2D eigenvalue weighted by Gasteiger charge is 2.06. The van der Waals surface area contributed by atoms with E-state index in [1.165, 1.54) is 10.0 Å². The van der Waals surface area contributed by atoms with Crippen molar-refractivity contribution in [2.45, 2.75) is 13.0 Å². The van der Waals surface area contributed by atoms with Gasteiger partial charge in [-0.15, -0.1) is 5.10 Å². The van der Waals surface area contributed by atoms with Gasteiger partial charge in [-0.25, -0.2) is 4.68 Å². The van der Waals surface area contributed by atoms with E-state index in [9.17, 15) is 4.79 Å². The lowest BCUT2D eigenvalue weighted by Crippen LogP contribution is -2.13. The van der Waals surface area contributed by atoms with Gasteiger partial charge in [0.2, 0.25) is 0 Å². The van der Waals surface area contributed by atoms with E-state index in [-0.39, 0.29) is 6.54 Å². The molecule has 0 fully saturated rings. The topological polar surface area (TPSA) is 80.9 Å². The van der Waals surface area contributed by atoms with Crippen LogP contribution in [-0.4, -0.2) is 36.7 Å². The van der Waals surface area contributed by atoms with Crippen LogP contribution in [-0.2, 0) is 17.8 Å². The first-order chi connectivity index (χ1) is 5.74. The SMILES string of the molecule is O=C(O)Cn1nnnc1CC=S. The van der Waals surface area contributed by atoms with Gasteiger partial charge >= 0.3 is 5.97 Å². The Morgan fingerprint density at radius 1 is 1.75 bits per heavy atom. The van der Waals surface area contributed by atoms with Crippen LogP contribution in [0.3, 0.4) is 0 Å². The first kappa shape index (κ1) is 8.72. The van der Waals surface area contributed by atoms with E-state index < -0.39 is 5.97 Å². The van der Waals surface area contributed by atoms with Crippen molar-refractivity contribution >= 4 is 23.6 Å². The summed E-state index contributed by atoms with van der Waals surface area (Å²) in [5, 5.41) is 20.3. The highest BCUT2D eigenvalue weighted by Crippen LogP contribution is 1.91. The summed E-state index contributed by atoms with van der Waals surface area (Å²) < 4.78 is 1.20. The van der Waals surface area contributed by atoms with Crippen LogP contribution in [0.2, 0.25) is 0 Å². The number of aliphatic carboxylic acids is 1. The van der Waals surface area contributed by atoms with Crippen LogP contribution in [0.4, 0.5) is 0 Å². The molecule has 64 valence electrons. The molecular formula is C5H6N4O2S. The molecule has 1 aromatic heterocycles. The summed E-state index contributed by atoms with van der Waals surface area (Å²) in [6.45, 7) is -0.231. The van der Waals surface area contributed by atoms with Gasteiger partial charge in [-0.05, 0) is 15.8 Å². The number of carboxylic acids is 1. The van der Waals surface area contributed by atoms with Gasteiger partial charge in [-0.3, -0.25) is 4.79 Å². The summed E-state index contributed by atoms with van der Waals surface area (Å²) in [4.78, 5) is 10.3. The maximum Gasteiger partial charge on any atom is 0.325 e. The number of hydrogen-bond donors (Lipinski definition) is 1. The Morgan fingerprint density at radius 2 is 2.50 bits per heavy atom. The lowest BCUT2D eigenvalue weighted by Gasteiger charge is -1.96. The fraction of sp³-hybridized carbons (Fsp3) is 0.400. The van der Waals surface area contributed by atoms with E-state index in [1.807, 2.05) is 0 Å². The molecule has 6 nitrogen and oxygen atoms in total. The van der Waals surface area contributed by atoms with E-state index in [2.05, 4.69) is 27.7 Å². The van der Waals surface area contributed by atoms with Crippen LogP contribution in [0.5, 0.6) is 0 Å². The second-order valence-electron chi connectivity index (χ2n) is 2.02. The summed E-state index contributed by atoms with van der Waals surface area (Å²) in [6.07, 6.45) is 0.398. The fourth-order valence-corrected chi connectivity index (χ4v) is 0.844. The number of rotatable bonds is 4. The van der Waals surface area contributed by atoms with Gasteiger partial charge in [0.25, 0.3) is 0 Å². The number of nitrogens with zero attached hydrogens (tertiary/aromatic N) is 4. The van der Waals surface area contributed by atoms with Gasteiger partial charge in [0.15, 0.2) is 5.82 Å². The molecule has 1 rings (SSSR count). The minimum absolute atomic E-state index is 0.231. The lowest BCUT2D eigenvalue weighted by atomic mass is 10.4. The van der Waals surface area contributed by atoms with E-state index in [4.69, 9.17) is 5.11 Å². The van der Waals surface area contributed by atoms with Crippen LogP contribution in [0.15, 0.2) is 0 Å². The highest BCUT2D eigenvalue weighted by atomic mass is 32.1. The molecule has 0 aliphatic carbocycles. The average molecular weight is 186 g/mol. The zero-order chi connectivity index (χ0) is 8.97. The smallest absolute Gasteiger partial charge is 0.325 e. The molecule has 0 aliphatic heterocycles. The minimum Gasteiger partial charge on any atom is -0.480 e. The molecule has 0 unspecified atom stereocenters. The standard InChI is InChI=1S/C5H6N4O2S/c10-5(11)3-9-4(1-2-12)6-7-8-9/h2H,1,3H2,(H,10,11). The Hall–Kier alpha value is -1.37. The van der Waals surface area contributed by atoms with Gasteiger partial charge in [0, 0.05) is 6.42 Å². The third kappa shape index (κ3) is 2.06. The summed E-state index contributed by atoms with van der Waals surface area (Å²) in [5.74, 6) is -0.514. The molecule has 1 heterocycles. The molecule has 1 N–H and O–H groups in total. The zero-order valence-electron chi connectivity index (χ0n) is 6.04. The van der Waals surface area contributed by atoms with Crippen molar-refractivity contribution in [2.75, 3.05) is 0 Å². The lowest BCUT2D eigenvalue weighted by molar-refractivity contribution is -0.137. The molecule has 0 bridgehead atoms. The van der Waals surface area contributed by atoms with E-state index >= 15 is 0 Å². The van der Waals surface area contributed by atoms with Gasteiger partial charge in [0.05, 0.1) is 0 Å². The number of aromatic nitrogens is 4. The Morgan fingerprint density at radius 3 is 3.08 bits per heavy atom. The van der Waals surface area contributed by atoms with Crippen molar-refractivity contribution in [1.29, 1.82) is 0 Å². The maximum atomic E-state index is 10.3. The summed E-state index contributed by atoms with van der Waals surface area (Å²) in [5.41, 5.74) is 0. The van der Waals surface area contributed by atoms with Crippen LogP contribution >= 0.6 is 12.2 Å². The van der Waals surface area contributed by atoms with Crippen molar-refractivity contribution in [1.82, 2.24) is 20.2 Å². The Bertz CT molecular complexity index is 297. The Kier molecular flexibility index (Phi) is 2.81. The van der Waals surface area contributed by atoms with E-state index in [0.29, 0.717) is 12.2 Å². The summed E-state index contributed by atoms with van der Waals surface area (Å²) in [6, 6.07) is 0. The summed E-state index contributed by atoms with van der Waals surface area (Å²) >= 11 is 4.59. The Balaban J connectivity index is 2.76. The van der Waals surface area contributed by atoms with Crippen LogP contribution < -0.4 is 0 Å². The van der Waals surface area contributed by atoms with E-state index in [0.717, 1.165) is 0 Å². The molecular weight excluding hydrogens is 180 g/mol. The molecule has 0 saturated heterocycles. The third-order valence-electron chi connectivity index (χ3n) is 1.16. The van der Waals surface area contributed by atoms with Crippen LogP contribution in [0.1, 0.15) is 5.82 Å². The molecule has 7 heteroatoms. The van der Waals surface area contributed by atoms with Crippen molar-refractivity contribution in [3.8, 4) is 0 Å². The molecule has 0 spiro atoms. The number of tetrazole rings is 1. The third-order valence-corrected chi connectivity index (χ3v) is 1.32. The normalized spacial score (nSPS) is 9.67. The fourth-order valence-electron chi connectivity index (χ4n) is 0.695. The second-order valence-corrected chi connectivity index (χ2v) is 2.35. The van der Waals surface area contributed by atoms with Crippen molar-refractivity contribution < 1.29 is 9.90 Å². The van der Waals surface area contributed by atoms with E-state index in [1.54, 1.807) is 0 Å². The quantitative estimate of drug-likeness (QED) is 0.626. The highest BCUT2D eigenvalue weighted by molar-refractivity contribution is 7.78. The number of carbonyl (C=O) groups is 1. The Labute approximate surface area is 73.2 Å². The molecule has 0 atom stereocenters. The first-order valence-electron chi connectivity index (χ1n) is 3.14.